The van der Waals surface area contributed by atoms with Crippen molar-refractivity contribution >= 4 is 45.5 Å². The molecule has 3 aromatic carbocycles. The molecule has 4 unspecified atom stereocenters. The lowest BCUT2D eigenvalue weighted by molar-refractivity contribution is -0.142. The van der Waals surface area contributed by atoms with Gasteiger partial charge in [0.15, 0.2) is 0 Å². The number of aromatic amines is 2. The van der Waals surface area contributed by atoms with Crippen LogP contribution >= 0.6 is 0 Å². The fraction of sp³-hybridized carbons (Fsp3) is 0.235. The highest BCUT2D eigenvalue weighted by molar-refractivity contribution is 5.95. The summed E-state index contributed by atoms with van der Waals surface area (Å²) < 4.78 is 0. The van der Waals surface area contributed by atoms with Crippen molar-refractivity contribution in [3.63, 3.8) is 0 Å². The average molecular weight is 625 g/mol. The third-order valence-corrected chi connectivity index (χ3v) is 7.89. The number of aliphatic hydroxyl groups is 1. The zero-order valence-corrected chi connectivity index (χ0v) is 24.9. The lowest BCUT2D eigenvalue weighted by Crippen LogP contribution is -2.58. The Morgan fingerprint density at radius 3 is 1.63 bits per heavy atom. The van der Waals surface area contributed by atoms with Gasteiger partial charge in [0.05, 0.1) is 6.61 Å². The molecule has 9 N–H and O–H groups in total. The van der Waals surface area contributed by atoms with E-state index in [9.17, 15) is 29.4 Å². The predicted octanol–water partition coefficient (Wildman–Crippen LogP) is 1.54. The monoisotopic (exact) mass is 624 g/mol. The molecule has 238 valence electrons. The Morgan fingerprint density at radius 1 is 0.630 bits per heavy atom. The number of aliphatic carboxylic acids is 1. The third-order valence-electron chi connectivity index (χ3n) is 7.89. The van der Waals surface area contributed by atoms with Crippen LogP contribution in [0.3, 0.4) is 0 Å². The number of carbonyl (C=O) groups is 4. The number of aliphatic hydroxyl groups excluding tert-OH is 1. The first-order valence-electron chi connectivity index (χ1n) is 14.9. The van der Waals surface area contributed by atoms with Gasteiger partial charge in [-0.05, 0) is 28.8 Å². The summed E-state index contributed by atoms with van der Waals surface area (Å²) in [6, 6.07) is 19.0. The molecule has 0 aliphatic heterocycles. The number of nitrogens with one attached hydrogen (secondary N) is 5. The molecule has 0 bridgehead atoms. The minimum Gasteiger partial charge on any atom is -0.480 e. The van der Waals surface area contributed by atoms with Crippen LogP contribution in [0.15, 0.2) is 91.3 Å². The molecule has 0 fully saturated rings. The molecule has 0 aliphatic carbocycles. The highest BCUT2D eigenvalue weighted by Crippen LogP contribution is 2.21. The van der Waals surface area contributed by atoms with Gasteiger partial charge in [0.2, 0.25) is 17.7 Å². The number of rotatable bonds is 14. The number of hydrogen-bond donors (Lipinski definition) is 8. The standard InChI is InChI=1S/C34H36N6O6/c35-25(19-41)31(42)38-28(14-20-8-2-1-3-9-20)32(43)39-29(15-21-17-36-26-12-6-4-10-23(21)26)33(44)40-30(34(45)46)16-22-18-37-27-13-7-5-11-24(22)27/h1-13,17-18,25,28-30,36-37,41H,14-16,19,35H2,(H,38,42)(H,39,43)(H,40,44)(H,45,46). The summed E-state index contributed by atoms with van der Waals surface area (Å²) in [6.45, 7) is -0.621. The van der Waals surface area contributed by atoms with Crippen molar-refractivity contribution in [2.45, 2.75) is 43.4 Å². The molecule has 3 amide bonds. The molecule has 12 heteroatoms. The van der Waals surface area contributed by atoms with Gasteiger partial charge in [0.25, 0.3) is 0 Å². The second kappa shape index (κ2) is 14.5. The topological polar surface area (TPSA) is 202 Å². The number of hydrogen-bond acceptors (Lipinski definition) is 6. The smallest absolute Gasteiger partial charge is 0.326 e. The van der Waals surface area contributed by atoms with E-state index in [0.29, 0.717) is 5.56 Å². The molecule has 5 aromatic rings. The summed E-state index contributed by atoms with van der Waals surface area (Å²) in [4.78, 5) is 58.9. The molecule has 0 aliphatic rings. The molecular weight excluding hydrogens is 588 g/mol. The number of nitrogens with two attached hydrogens (primary N) is 1. The Bertz CT molecular complexity index is 1830. The van der Waals surface area contributed by atoms with Crippen LogP contribution in [0.2, 0.25) is 0 Å². The van der Waals surface area contributed by atoms with E-state index in [4.69, 9.17) is 5.73 Å². The number of H-pyrrole nitrogens is 2. The van der Waals surface area contributed by atoms with Gasteiger partial charge in [-0.15, -0.1) is 0 Å². The van der Waals surface area contributed by atoms with E-state index in [-0.39, 0.29) is 19.3 Å². The van der Waals surface area contributed by atoms with Gasteiger partial charge in [0.1, 0.15) is 24.2 Å². The minimum absolute atomic E-state index is 0.00454. The van der Waals surface area contributed by atoms with E-state index in [2.05, 4.69) is 25.9 Å². The molecule has 12 nitrogen and oxygen atoms in total. The van der Waals surface area contributed by atoms with Crippen LogP contribution in [-0.4, -0.2) is 74.6 Å². The molecule has 2 heterocycles. The number of carbonyl (C=O) groups excluding carboxylic acids is 3. The molecule has 0 radical (unpaired) electrons. The summed E-state index contributed by atoms with van der Waals surface area (Å²) in [5.41, 5.74) is 9.55. The Balaban J connectivity index is 1.41. The molecule has 2 aromatic heterocycles. The van der Waals surface area contributed by atoms with Gasteiger partial charge in [-0.25, -0.2) is 4.79 Å². The van der Waals surface area contributed by atoms with Crippen molar-refractivity contribution in [3.05, 3.63) is 108 Å². The van der Waals surface area contributed by atoms with E-state index >= 15 is 0 Å². The van der Waals surface area contributed by atoms with Crippen molar-refractivity contribution in [1.82, 2.24) is 25.9 Å². The Labute approximate surface area is 264 Å². The summed E-state index contributed by atoms with van der Waals surface area (Å²) in [6.07, 6.45) is 3.57. The highest BCUT2D eigenvalue weighted by atomic mass is 16.4. The summed E-state index contributed by atoms with van der Waals surface area (Å²) in [7, 11) is 0. The lowest BCUT2D eigenvalue weighted by atomic mass is 10.0. The van der Waals surface area contributed by atoms with Crippen LogP contribution in [0.5, 0.6) is 0 Å². The number of aromatic nitrogens is 2. The fourth-order valence-electron chi connectivity index (χ4n) is 5.42. The van der Waals surface area contributed by atoms with Crippen molar-refractivity contribution in [3.8, 4) is 0 Å². The normalized spacial score (nSPS) is 13.9. The number of carboxylic acid groups (broad SMARTS) is 1. The van der Waals surface area contributed by atoms with E-state index in [1.807, 2.05) is 54.6 Å². The largest absolute Gasteiger partial charge is 0.480 e. The van der Waals surface area contributed by atoms with E-state index < -0.39 is 54.5 Å². The SMILES string of the molecule is NC(CO)C(=O)NC(Cc1ccccc1)C(=O)NC(Cc1c[nH]c2ccccc12)C(=O)NC(Cc1c[nH]c2ccccc12)C(=O)O. The summed E-state index contributed by atoms with van der Waals surface area (Å²) >= 11 is 0. The third kappa shape index (κ3) is 7.60. The van der Waals surface area contributed by atoms with Gasteiger partial charge in [-0.1, -0.05) is 66.7 Å². The van der Waals surface area contributed by atoms with Gasteiger partial charge < -0.3 is 41.9 Å². The molecule has 0 saturated carbocycles. The predicted molar refractivity (Wildman–Crippen MR) is 173 cm³/mol. The van der Waals surface area contributed by atoms with Crippen LogP contribution in [-0.2, 0) is 38.4 Å². The number of para-hydroxylation sites is 2. The van der Waals surface area contributed by atoms with Gasteiger partial charge >= 0.3 is 5.97 Å². The molecule has 5 rings (SSSR count). The van der Waals surface area contributed by atoms with Gasteiger partial charge in [-0.2, -0.15) is 0 Å². The Morgan fingerprint density at radius 2 is 1.09 bits per heavy atom. The van der Waals surface area contributed by atoms with E-state index in [1.165, 1.54) is 0 Å². The number of carboxylic acids is 1. The second-order valence-corrected chi connectivity index (χ2v) is 11.1. The van der Waals surface area contributed by atoms with Crippen LogP contribution < -0.4 is 21.7 Å². The quantitative estimate of drug-likeness (QED) is 0.0915. The first kappa shape index (κ1) is 31.9. The zero-order valence-electron chi connectivity index (χ0n) is 24.9. The number of amides is 3. The molecule has 4 atom stereocenters. The lowest BCUT2D eigenvalue weighted by Gasteiger charge is -2.25. The highest BCUT2D eigenvalue weighted by Gasteiger charge is 2.31. The van der Waals surface area contributed by atoms with Gasteiger partial charge in [0, 0.05) is 53.5 Å². The van der Waals surface area contributed by atoms with Gasteiger partial charge in [-0.3, -0.25) is 14.4 Å². The molecular formula is C34H36N6O6. The van der Waals surface area contributed by atoms with Crippen LogP contribution in [0.1, 0.15) is 16.7 Å². The van der Waals surface area contributed by atoms with Crippen LogP contribution in [0.4, 0.5) is 0 Å². The second-order valence-electron chi connectivity index (χ2n) is 11.1. The van der Waals surface area contributed by atoms with Crippen LogP contribution in [0.25, 0.3) is 21.8 Å². The maximum atomic E-state index is 13.9. The molecule has 46 heavy (non-hydrogen) atoms. The Hall–Kier alpha value is -5.46. The number of benzene rings is 3. The average Bonchev–Trinajstić information content (AvgIpc) is 3.67. The maximum Gasteiger partial charge on any atom is 0.326 e. The Kier molecular flexibility index (Phi) is 10.1. The van der Waals surface area contributed by atoms with Crippen LogP contribution in [0, 0.1) is 0 Å². The number of fused-ring (bicyclic) bond motifs is 2. The van der Waals surface area contributed by atoms with E-state index in [1.54, 1.807) is 36.7 Å². The summed E-state index contributed by atoms with van der Waals surface area (Å²) in [5.74, 6) is -3.35. The molecule has 0 saturated heterocycles. The molecule has 0 spiro atoms. The minimum atomic E-state index is -1.29. The van der Waals surface area contributed by atoms with E-state index in [0.717, 1.165) is 32.9 Å². The maximum absolute atomic E-state index is 13.9. The van der Waals surface area contributed by atoms with Crippen molar-refractivity contribution in [2.24, 2.45) is 5.73 Å². The summed E-state index contributed by atoms with van der Waals surface area (Å²) in [5, 5.41) is 29.1. The van der Waals surface area contributed by atoms with Crippen molar-refractivity contribution in [2.75, 3.05) is 6.61 Å². The van der Waals surface area contributed by atoms with Crippen molar-refractivity contribution in [1.29, 1.82) is 0 Å². The van der Waals surface area contributed by atoms with Crippen molar-refractivity contribution < 1.29 is 29.4 Å². The first-order valence-corrected chi connectivity index (χ1v) is 14.9. The fourth-order valence-corrected chi connectivity index (χ4v) is 5.42. The first-order chi connectivity index (χ1) is 22.2. The zero-order chi connectivity index (χ0) is 32.6.